The van der Waals surface area contributed by atoms with Crippen molar-refractivity contribution in [2.75, 3.05) is 36.6 Å². The number of anilines is 2. The summed E-state index contributed by atoms with van der Waals surface area (Å²) >= 11 is 0. The Morgan fingerprint density at radius 3 is 3.00 bits per heavy atom. The van der Waals surface area contributed by atoms with Gasteiger partial charge in [-0.1, -0.05) is 6.92 Å². The van der Waals surface area contributed by atoms with E-state index in [0.29, 0.717) is 38.6 Å². The molecule has 0 bridgehead atoms. The summed E-state index contributed by atoms with van der Waals surface area (Å²) in [7, 11) is 0. The highest BCUT2D eigenvalue weighted by Crippen LogP contribution is 2.15. The molecule has 1 aliphatic heterocycles. The minimum absolute atomic E-state index is 0.0289. The van der Waals surface area contributed by atoms with Crippen LogP contribution in [0.2, 0.25) is 0 Å². The maximum atomic E-state index is 11.3. The number of nitrogens with zero attached hydrogens (tertiary/aromatic N) is 4. The molecule has 0 aliphatic carbocycles. The van der Waals surface area contributed by atoms with Crippen LogP contribution < -0.4 is 26.2 Å². The average molecular weight is 281 g/mol. The molecule has 4 N–H and O–H groups in total. The fraction of sp³-hybridized carbons (Fsp3) is 0.636. The van der Waals surface area contributed by atoms with Gasteiger partial charge >= 0.3 is 6.01 Å². The first kappa shape index (κ1) is 14.3. The lowest BCUT2D eigenvalue weighted by molar-refractivity contribution is -0.120. The third-order valence-corrected chi connectivity index (χ3v) is 2.76. The number of aromatic nitrogens is 3. The van der Waals surface area contributed by atoms with Crippen molar-refractivity contribution in [3.8, 4) is 6.01 Å². The van der Waals surface area contributed by atoms with E-state index in [1.54, 1.807) is 0 Å². The van der Waals surface area contributed by atoms with Crippen LogP contribution in [0.5, 0.6) is 6.01 Å². The Morgan fingerprint density at radius 1 is 1.40 bits per heavy atom. The lowest BCUT2D eigenvalue weighted by Crippen LogP contribution is -2.30. The van der Waals surface area contributed by atoms with E-state index in [1.807, 2.05) is 11.8 Å². The fourth-order valence-corrected chi connectivity index (χ4v) is 1.78. The molecule has 1 aromatic heterocycles. The number of nitrogens with two attached hydrogens (primary N) is 1. The number of nitrogen functional groups attached to an aromatic ring is 1. The van der Waals surface area contributed by atoms with Gasteiger partial charge in [0, 0.05) is 26.1 Å². The summed E-state index contributed by atoms with van der Waals surface area (Å²) in [4.78, 5) is 25.7. The van der Waals surface area contributed by atoms with Gasteiger partial charge in [0.2, 0.25) is 17.8 Å². The molecule has 1 amide bonds. The van der Waals surface area contributed by atoms with Crippen molar-refractivity contribution in [3.05, 3.63) is 0 Å². The van der Waals surface area contributed by atoms with Crippen LogP contribution in [0.1, 0.15) is 19.8 Å². The maximum absolute atomic E-state index is 11.3. The van der Waals surface area contributed by atoms with E-state index in [2.05, 4.69) is 25.7 Å². The van der Waals surface area contributed by atoms with Gasteiger partial charge < -0.3 is 15.0 Å². The lowest BCUT2D eigenvalue weighted by atomic mass is 10.4. The second-order valence-corrected chi connectivity index (χ2v) is 4.32. The van der Waals surface area contributed by atoms with E-state index in [-0.39, 0.29) is 17.9 Å². The van der Waals surface area contributed by atoms with Crippen LogP contribution in [-0.2, 0) is 4.79 Å². The molecule has 110 valence electrons. The van der Waals surface area contributed by atoms with E-state index in [9.17, 15) is 4.79 Å². The number of hydrogen-bond donors (Lipinski definition) is 3. The standard InChI is InChI=1S/C11H19N7O2/c1-2-7-20-11-15-9(17-12)14-10(16-11)18-5-3-8(19)13-4-6-18/h2-7,12H2,1H3,(H,13,19)(H,14,15,16,17). The Hall–Kier alpha value is -2.16. The highest BCUT2D eigenvalue weighted by Gasteiger charge is 2.18. The second kappa shape index (κ2) is 6.85. The fourth-order valence-electron chi connectivity index (χ4n) is 1.78. The van der Waals surface area contributed by atoms with Gasteiger partial charge in [-0.15, -0.1) is 0 Å². The summed E-state index contributed by atoms with van der Waals surface area (Å²) < 4.78 is 5.41. The maximum Gasteiger partial charge on any atom is 0.323 e. The first-order chi connectivity index (χ1) is 9.72. The van der Waals surface area contributed by atoms with Gasteiger partial charge in [-0.2, -0.15) is 15.0 Å². The number of nitrogens with one attached hydrogen (secondary N) is 2. The van der Waals surface area contributed by atoms with E-state index in [4.69, 9.17) is 10.6 Å². The van der Waals surface area contributed by atoms with E-state index >= 15 is 0 Å². The van der Waals surface area contributed by atoms with Gasteiger partial charge in [-0.05, 0) is 6.42 Å². The van der Waals surface area contributed by atoms with E-state index in [0.717, 1.165) is 6.42 Å². The number of rotatable bonds is 5. The molecule has 0 unspecified atom stereocenters. The summed E-state index contributed by atoms with van der Waals surface area (Å²) in [6.07, 6.45) is 1.26. The van der Waals surface area contributed by atoms with Gasteiger partial charge in [0.05, 0.1) is 6.61 Å². The first-order valence-electron chi connectivity index (χ1n) is 6.60. The predicted molar refractivity (Wildman–Crippen MR) is 73.3 cm³/mol. The topological polar surface area (TPSA) is 118 Å². The Balaban J connectivity index is 2.18. The van der Waals surface area contributed by atoms with E-state index in [1.165, 1.54) is 0 Å². The van der Waals surface area contributed by atoms with Crippen molar-refractivity contribution in [2.24, 2.45) is 5.84 Å². The van der Waals surface area contributed by atoms with Gasteiger partial charge in [0.15, 0.2) is 0 Å². The molecule has 20 heavy (non-hydrogen) atoms. The van der Waals surface area contributed by atoms with Gasteiger partial charge in [0.1, 0.15) is 0 Å². The molecule has 2 heterocycles. The normalized spacial score (nSPS) is 15.5. The molecule has 0 atom stereocenters. The van der Waals surface area contributed by atoms with Crippen LogP contribution in [-0.4, -0.2) is 47.1 Å². The summed E-state index contributed by atoms with van der Waals surface area (Å²) in [5.41, 5.74) is 2.40. The van der Waals surface area contributed by atoms with Crippen LogP contribution in [0.15, 0.2) is 0 Å². The molecule has 0 spiro atoms. The molecule has 1 saturated heterocycles. The second-order valence-electron chi connectivity index (χ2n) is 4.32. The summed E-state index contributed by atoms with van der Waals surface area (Å²) in [6, 6.07) is 0.230. The summed E-state index contributed by atoms with van der Waals surface area (Å²) in [5, 5.41) is 2.80. The van der Waals surface area contributed by atoms with Gasteiger partial charge in [0.25, 0.3) is 0 Å². The van der Waals surface area contributed by atoms with Crippen LogP contribution >= 0.6 is 0 Å². The smallest absolute Gasteiger partial charge is 0.323 e. The molecule has 1 aliphatic rings. The lowest BCUT2D eigenvalue weighted by Gasteiger charge is -2.19. The average Bonchev–Trinajstić information content (AvgIpc) is 2.69. The molecular formula is C11H19N7O2. The quantitative estimate of drug-likeness (QED) is 0.477. The number of hydrazine groups is 1. The van der Waals surface area contributed by atoms with Crippen molar-refractivity contribution < 1.29 is 9.53 Å². The Bertz CT molecular complexity index is 468. The highest BCUT2D eigenvalue weighted by atomic mass is 16.5. The van der Waals surface area contributed by atoms with Crippen molar-refractivity contribution >= 4 is 17.8 Å². The number of carbonyl (C=O) groups excluding carboxylic acids is 1. The molecule has 9 nitrogen and oxygen atoms in total. The van der Waals surface area contributed by atoms with Crippen molar-refractivity contribution in [3.63, 3.8) is 0 Å². The van der Waals surface area contributed by atoms with Gasteiger partial charge in [-0.25, -0.2) is 5.84 Å². The van der Waals surface area contributed by atoms with Crippen molar-refractivity contribution in [2.45, 2.75) is 19.8 Å². The SMILES string of the molecule is CCCOc1nc(NN)nc(N2CCNC(=O)CC2)n1. The Kier molecular flexibility index (Phi) is 4.88. The van der Waals surface area contributed by atoms with Crippen LogP contribution in [0, 0.1) is 0 Å². The number of amides is 1. The summed E-state index contributed by atoms with van der Waals surface area (Å²) in [5.74, 6) is 6.08. The molecule has 1 aromatic rings. The third kappa shape index (κ3) is 3.67. The van der Waals surface area contributed by atoms with Crippen molar-refractivity contribution in [1.82, 2.24) is 20.3 Å². The largest absolute Gasteiger partial charge is 0.463 e. The predicted octanol–water partition coefficient (Wildman–Crippen LogP) is -0.728. The number of ether oxygens (including phenoxy) is 1. The van der Waals surface area contributed by atoms with Crippen molar-refractivity contribution in [1.29, 1.82) is 0 Å². The first-order valence-corrected chi connectivity index (χ1v) is 6.60. The van der Waals surface area contributed by atoms with Crippen LogP contribution in [0.25, 0.3) is 0 Å². The summed E-state index contributed by atoms with van der Waals surface area (Å²) in [6.45, 7) is 4.25. The Morgan fingerprint density at radius 2 is 2.25 bits per heavy atom. The number of carbonyl (C=O) groups is 1. The molecular weight excluding hydrogens is 262 g/mol. The zero-order valence-electron chi connectivity index (χ0n) is 11.4. The van der Waals surface area contributed by atoms with Crippen LogP contribution in [0.4, 0.5) is 11.9 Å². The molecule has 0 radical (unpaired) electrons. The number of hydrogen-bond acceptors (Lipinski definition) is 8. The van der Waals surface area contributed by atoms with Gasteiger partial charge in [-0.3, -0.25) is 10.2 Å². The Labute approximate surface area is 116 Å². The molecule has 1 fully saturated rings. The van der Waals surface area contributed by atoms with Crippen LogP contribution in [0.3, 0.4) is 0 Å². The molecule has 2 rings (SSSR count). The molecule has 9 heteroatoms. The molecule has 0 aromatic carbocycles. The minimum atomic E-state index is 0.0289. The minimum Gasteiger partial charge on any atom is -0.463 e. The monoisotopic (exact) mass is 281 g/mol. The third-order valence-electron chi connectivity index (χ3n) is 2.76. The molecule has 0 saturated carbocycles. The van der Waals surface area contributed by atoms with E-state index < -0.39 is 0 Å². The highest BCUT2D eigenvalue weighted by molar-refractivity contribution is 5.77. The zero-order valence-corrected chi connectivity index (χ0v) is 11.4. The zero-order chi connectivity index (χ0) is 14.4.